The second kappa shape index (κ2) is 27.9. The first-order valence-electron chi connectivity index (χ1n) is 45.5. The van der Waals surface area contributed by atoms with E-state index in [1.54, 1.807) is 0 Å². The summed E-state index contributed by atoms with van der Waals surface area (Å²) in [5, 5.41) is 3.48. The van der Waals surface area contributed by atoms with E-state index in [1.165, 1.54) is 0 Å². The lowest BCUT2D eigenvalue weighted by Crippen LogP contribution is -2.61. The van der Waals surface area contributed by atoms with Crippen molar-refractivity contribution in [1.82, 2.24) is 9.13 Å². The molecule has 4 aliphatic rings. The van der Waals surface area contributed by atoms with Gasteiger partial charge in [0.05, 0.1) is 75.8 Å². The maximum atomic E-state index is 12.3. The average molecular weight is 1590 g/mol. The molecule has 0 radical (unpaired) electrons. The Bertz CT molecular complexity index is 7260. The fraction of sp³-hybridized carbons (Fsp3) is 0.105. The summed E-state index contributed by atoms with van der Waals surface area (Å²) in [6.45, 7) is 19.0. The second-order valence-electron chi connectivity index (χ2n) is 35.9. The van der Waals surface area contributed by atoms with Gasteiger partial charge in [-0.25, -0.2) is 0 Å². The number of hydrogen-bond donors (Lipinski definition) is 0. The fourth-order valence-corrected chi connectivity index (χ4v) is 19.4. The zero-order valence-corrected chi connectivity index (χ0v) is 69.9. The van der Waals surface area contributed by atoms with Crippen molar-refractivity contribution < 1.29 is 17.7 Å². The van der Waals surface area contributed by atoms with Crippen LogP contribution in [0.15, 0.2) is 376 Å². The Morgan fingerprint density at radius 3 is 0.878 bits per heavy atom. The molecule has 19 aromatic rings. The third-order valence-corrected chi connectivity index (χ3v) is 25.3. The number of fused-ring (bicyclic) bond motifs is 14. The van der Waals surface area contributed by atoms with Gasteiger partial charge in [0.2, 0.25) is 0 Å². The fourth-order valence-electron chi connectivity index (χ4n) is 19.4. The highest BCUT2D eigenvalue weighted by Gasteiger charge is 2.47. The third-order valence-electron chi connectivity index (χ3n) is 25.3. The largest absolute Gasteiger partial charge is 0.453 e. The van der Waals surface area contributed by atoms with E-state index in [4.69, 9.17) is 9.47 Å². The summed E-state index contributed by atoms with van der Waals surface area (Å²) in [5.41, 5.74) is 21.1. The molecule has 4 aliphatic heterocycles. The van der Waals surface area contributed by atoms with Crippen LogP contribution >= 0.6 is 0 Å². The maximum Gasteiger partial charge on any atom is 0.252 e. The standard InChI is InChI=1S/C114H89BN6O2/c1-112(2,3)76-64-85(72-36-14-10-15-37-72)108(86(65-76)73-38-16-11-17-39-73)120-99-70-79(116-91-48-24-22-44-81(91)83-46-34-54-97(110(83)116)118-93-50-26-30-56-103(93)122-104-57-31-27-51-94(104)118)60-62-89(99)115-90-63-61-80(117-92-49-25-23-45-82(92)84-47-35-55-98(111(84)117)119-95-52-28-32-58-105(95)123-106-59-33-29-53-96(106)119)71-100(90)121(102-69-78(114(7,8)9)68-101(120)107(102)115)109-87(74-40-18-12-19-41-74)66-77(113(4,5)6)67-88(109)75-42-20-13-21-43-75/h10-71H,1-9H3/i60D,61D,62D,63D,70D,71D. The lowest BCUT2D eigenvalue weighted by atomic mass is 9.33. The van der Waals surface area contributed by atoms with Crippen molar-refractivity contribution in [3.63, 3.8) is 0 Å². The highest BCUT2D eigenvalue weighted by atomic mass is 16.5. The van der Waals surface area contributed by atoms with Crippen LogP contribution < -0.4 is 45.5 Å². The van der Waals surface area contributed by atoms with Crippen molar-refractivity contribution in [2.45, 2.75) is 78.6 Å². The van der Waals surface area contributed by atoms with E-state index >= 15 is 0 Å². The van der Waals surface area contributed by atoms with Crippen molar-refractivity contribution in [2.75, 3.05) is 19.6 Å². The molecule has 0 unspecified atom stereocenters. The van der Waals surface area contributed by atoms with Gasteiger partial charge >= 0.3 is 0 Å². The van der Waals surface area contributed by atoms with Crippen molar-refractivity contribution in [2.24, 2.45) is 0 Å². The van der Waals surface area contributed by atoms with Gasteiger partial charge < -0.3 is 38.2 Å². The summed E-state index contributed by atoms with van der Waals surface area (Å²) >= 11 is 0. The molecule has 0 spiro atoms. The zero-order valence-electron chi connectivity index (χ0n) is 75.9. The Balaban J connectivity index is 0.929. The van der Waals surface area contributed by atoms with E-state index in [9.17, 15) is 8.22 Å². The molecular formula is C114H89BN6O2. The number of para-hydroxylation sites is 12. The molecule has 0 amide bonds. The van der Waals surface area contributed by atoms with E-state index in [2.05, 4.69) is 309 Å². The van der Waals surface area contributed by atoms with Crippen LogP contribution in [0.1, 0.15) is 87.2 Å². The van der Waals surface area contributed by atoms with Gasteiger partial charge in [-0.3, -0.25) is 0 Å². The average Bonchev–Trinajstić information content (AvgIpc) is 1.20. The van der Waals surface area contributed by atoms with Crippen LogP contribution in [0, 0.1) is 0 Å². The number of rotatable bonds is 10. The topological polar surface area (TPSA) is 41.3 Å². The summed E-state index contributed by atoms with van der Waals surface area (Å²) < 4.78 is 89.3. The number of benzene rings is 17. The number of hydrogen-bond acceptors (Lipinski definition) is 6. The molecule has 6 heterocycles. The number of nitrogens with zero attached hydrogens (tertiary/aromatic N) is 6. The predicted octanol–water partition coefficient (Wildman–Crippen LogP) is 29.7. The molecule has 0 N–H and O–H groups in total. The van der Waals surface area contributed by atoms with Gasteiger partial charge in [0.25, 0.3) is 6.71 Å². The highest BCUT2D eigenvalue weighted by molar-refractivity contribution is 7.00. The van der Waals surface area contributed by atoms with Crippen molar-refractivity contribution >= 4 is 135 Å². The minimum absolute atomic E-state index is 0.0543. The summed E-state index contributed by atoms with van der Waals surface area (Å²) in [6, 6.07) is 116. The molecule has 0 atom stereocenters. The van der Waals surface area contributed by atoms with Gasteiger partial charge in [0, 0.05) is 77.9 Å². The number of aromatic nitrogens is 2. The Morgan fingerprint density at radius 1 is 0.260 bits per heavy atom. The first-order valence-corrected chi connectivity index (χ1v) is 42.5. The van der Waals surface area contributed by atoms with Crippen molar-refractivity contribution in [1.29, 1.82) is 0 Å². The lowest BCUT2D eigenvalue weighted by molar-refractivity contribution is 0.477. The maximum absolute atomic E-state index is 12.3. The van der Waals surface area contributed by atoms with Crippen LogP contribution in [0.5, 0.6) is 23.0 Å². The molecule has 123 heavy (non-hydrogen) atoms. The SMILES string of the molecule is [2H]c1c([2H])c(-n2c3ccccc3c3cccc(N4c5ccccc5Oc5ccccc54)c32)c([2H])c2c1B1c3c(cc(C(C)(C)C)cc3N(c3c(-c4ccccc4)cc(C(C)(C)C)cc3-c3ccccc3)c3c([2H])c(-n4c5ccccc5c5cccc(N6c7ccccc7Oc7ccccc76)c54)c([2H])c([2H])c31)N2c1c(-c2ccccc2)cc(C(C)(C)C)cc1-c1ccccc1. The van der Waals surface area contributed by atoms with E-state index in [0.717, 1.165) is 128 Å². The van der Waals surface area contributed by atoms with Gasteiger partial charge in [0.15, 0.2) is 23.0 Å². The van der Waals surface area contributed by atoms with Crippen LogP contribution in [0.4, 0.5) is 68.2 Å². The molecule has 590 valence electrons. The van der Waals surface area contributed by atoms with Gasteiger partial charge in [0.1, 0.15) is 0 Å². The van der Waals surface area contributed by atoms with Gasteiger partial charge in [-0.05, 0) is 205 Å². The molecule has 0 saturated heterocycles. The van der Waals surface area contributed by atoms with Crippen molar-refractivity contribution in [3.05, 3.63) is 393 Å². The first-order chi connectivity index (χ1) is 62.5. The first kappa shape index (κ1) is 67.0. The molecule has 9 heteroatoms. The minimum Gasteiger partial charge on any atom is -0.453 e. The van der Waals surface area contributed by atoms with E-state index in [1.807, 2.05) is 121 Å². The molecule has 23 rings (SSSR count). The predicted molar refractivity (Wildman–Crippen MR) is 517 cm³/mol. The Labute approximate surface area is 727 Å². The van der Waals surface area contributed by atoms with Crippen LogP contribution in [-0.4, -0.2) is 15.8 Å². The second-order valence-corrected chi connectivity index (χ2v) is 35.9. The third kappa shape index (κ3) is 11.6. The van der Waals surface area contributed by atoms with Gasteiger partial charge in [-0.1, -0.05) is 305 Å². The summed E-state index contributed by atoms with van der Waals surface area (Å²) in [4.78, 5) is 9.02. The molecule has 2 aromatic heterocycles. The Morgan fingerprint density at radius 2 is 0.545 bits per heavy atom. The quantitative estimate of drug-likeness (QED) is 0.127. The lowest BCUT2D eigenvalue weighted by Gasteiger charge is -2.47. The minimum atomic E-state index is -1.24. The van der Waals surface area contributed by atoms with E-state index in [0.29, 0.717) is 73.3 Å². The van der Waals surface area contributed by atoms with Gasteiger partial charge in [-0.2, -0.15) is 0 Å². The summed E-state index contributed by atoms with van der Waals surface area (Å²) in [7, 11) is 0. The van der Waals surface area contributed by atoms with Crippen LogP contribution in [0.25, 0.3) is 99.5 Å². The molecule has 17 aromatic carbocycles. The Hall–Kier alpha value is -14.8. The van der Waals surface area contributed by atoms with Crippen molar-refractivity contribution in [3.8, 4) is 78.9 Å². The normalized spacial score (nSPS) is 14.0. The molecule has 0 saturated carbocycles. The summed E-state index contributed by atoms with van der Waals surface area (Å²) in [5.74, 6) is 2.62. The zero-order chi connectivity index (χ0) is 88.1. The van der Waals surface area contributed by atoms with Gasteiger partial charge in [-0.15, -0.1) is 0 Å². The Kier molecular flexibility index (Phi) is 15.2. The number of ether oxygens (including phenoxy) is 2. The summed E-state index contributed by atoms with van der Waals surface area (Å²) in [6.07, 6.45) is 0. The molecule has 8 nitrogen and oxygen atoms in total. The smallest absolute Gasteiger partial charge is 0.252 e. The monoisotopic (exact) mass is 1590 g/mol. The number of anilines is 12. The molecular weight excluding hydrogens is 1500 g/mol. The van der Waals surface area contributed by atoms with Crippen LogP contribution in [0.2, 0.25) is 0 Å². The van der Waals surface area contributed by atoms with E-state index in [-0.39, 0.29) is 58.6 Å². The molecule has 0 aliphatic carbocycles. The molecule has 0 fully saturated rings. The van der Waals surface area contributed by atoms with Crippen LogP contribution in [0.3, 0.4) is 0 Å². The highest BCUT2D eigenvalue weighted by Crippen LogP contribution is 2.59. The van der Waals surface area contributed by atoms with E-state index < -0.39 is 23.0 Å². The molecule has 0 bridgehead atoms. The van der Waals surface area contributed by atoms with Crippen LogP contribution in [-0.2, 0) is 16.2 Å².